The summed E-state index contributed by atoms with van der Waals surface area (Å²) in [5.74, 6) is 0.847. The molecule has 16 heavy (non-hydrogen) atoms. The average molecular weight is 218 g/mol. The summed E-state index contributed by atoms with van der Waals surface area (Å²) >= 11 is 0. The van der Waals surface area contributed by atoms with Gasteiger partial charge in [0, 0.05) is 11.9 Å². The summed E-state index contributed by atoms with van der Waals surface area (Å²) < 4.78 is 7.48. The van der Waals surface area contributed by atoms with Gasteiger partial charge in [0.25, 0.3) is 0 Å². The van der Waals surface area contributed by atoms with Crippen LogP contribution in [0.25, 0.3) is 5.65 Å². The maximum atomic E-state index is 5.34. The molecule has 0 amide bonds. The van der Waals surface area contributed by atoms with Crippen LogP contribution in [0.15, 0.2) is 18.3 Å². The van der Waals surface area contributed by atoms with Crippen molar-refractivity contribution < 1.29 is 4.74 Å². The maximum Gasteiger partial charge on any atom is 0.180 e. The lowest BCUT2D eigenvalue weighted by molar-refractivity contribution is 0.417. The van der Waals surface area contributed by atoms with Crippen molar-refractivity contribution in [2.24, 2.45) is 0 Å². The second-order valence-corrected chi connectivity index (χ2v) is 3.88. The molecule has 0 spiro atoms. The number of nitrogens with zero attached hydrogens (tertiary/aromatic N) is 2. The van der Waals surface area contributed by atoms with Crippen LogP contribution >= 0.6 is 0 Å². The van der Waals surface area contributed by atoms with E-state index in [2.05, 4.69) is 29.4 Å². The molecule has 0 radical (unpaired) electrons. The number of aryl methyl sites for hydroxylation is 2. The molecule has 3 nitrogen and oxygen atoms in total. The van der Waals surface area contributed by atoms with Gasteiger partial charge in [0.1, 0.15) is 0 Å². The number of fused-ring (bicyclic) bond motifs is 1. The molecule has 0 bridgehead atoms. The van der Waals surface area contributed by atoms with Crippen molar-refractivity contribution in [2.75, 3.05) is 7.11 Å². The van der Waals surface area contributed by atoms with E-state index in [1.165, 1.54) is 11.4 Å². The Morgan fingerprint density at radius 2 is 2.19 bits per heavy atom. The Morgan fingerprint density at radius 3 is 2.81 bits per heavy atom. The summed E-state index contributed by atoms with van der Waals surface area (Å²) in [5, 5.41) is 0. The Morgan fingerprint density at radius 1 is 1.38 bits per heavy atom. The molecule has 0 aliphatic heterocycles. The maximum absolute atomic E-state index is 5.34. The molecule has 0 N–H and O–H groups in total. The van der Waals surface area contributed by atoms with Crippen LogP contribution in [0.2, 0.25) is 0 Å². The fourth-order valence-corrected chi connectivity index (χ4v) is 2.11. The van der Waals surface area contributed by atoms with Gasteiger partial charge < -0.3 is 9.14 Å². The Hall–Kier alpha value is -1.51. The minimum Gasteiger partial charge on any atom is -0.493 e. The van der Waals surface area contributed by atoms with Gasteiger partial charge in [-0.25, -0.2) is 4.98 Å². The zero-order chi connectivity index (χ0) is 11.5. The van der Waals surface area contributed by atoms with E-state index < -0.39 is 0 Å². The molecule has 0 aromatic carbocycles. The van der Waals surface area contributed by atoms with Crippen molar-refractivity contribution in [1.29, 1.82) is 0 Å². The van der Waals surface area contributed by atoms with Crippen LogP contribution in [0.3, 0.4) is 0 Å². The van der Waals surface area contributed by atoms with Crippen molar-refractivity contribution in [1.82, 2.24) is 9.38 Å². The fourth-order valence-electron chi connectivity index (χ4n) is 2.11. The van der Waals surface area contributed by atoms with Gasteiger partial charge in [-0.15, -0.1) is 0 Å². The first-order valence-electron chi connectivity index (χ1n) is 5.84. The van der Waals surface area contributed by atoms with Crippen molar-refractivity contribution in [3.63, 3.8) is 0 Å². The number of aromatic nitrogens is 2. The van der Waals surface area contributed by atoms with E-state index >= 15 is 0 Å². The summed E-state index contributed by atoms with van der Waals surface area (Å²) in [6.45, 7) is 4.35. The highest BCUT2D eigenvalue weighted by molar-refractivity contribution is 5.56. The van der Waals surface area contributed by atoms with Crippen LogP contribution in [0.4, 0.5) is 0 Å². The highest BCUT2D eigenvalue weighted by Gasteiger charge is 2.12. The Labute approximate surface area is 96.1 Å². The highest BCUT2D eigenvalue weighted by Crippen LogP contribution is 2.22. The molecule has 0 fully saturated rings. The van der Waals surface area contributed by atoms with Crippen LogP contribution < -0.4 is 4.74 Å². The molecular weight excluding hydrogens is 200 g/mol. The van der Waals surface area contributed by atoms with Gasteiger partial charge in [0.05, 0.1) is 12.8 Å². The van der Waals surface area contributed by atoms with E-state index in [1.54, 1.807) is 7.11 Å². The van der Waals surface area contributed by atoms with Crippen LogP contribution in [0.5, 0.6) is 5.75 Å². The second-order valence-electron chi connectivity index (χ2n) is 3.88. The number of imidazole rings is 1. The Kier molecular flexibility index (Phi) is 3.13. The highest BCUT2D eigenvalue weighted by atomic mass is 16.5. The fraction of sp³-hybridized carbons (Fsp3) is 0.462. The predicted molar refractivity (Wildman–Crippen MR) is 65.1 cm³/mol. The molecule has 0 aliphatic carbocycles. The molecule has 0 unspecified atom stereocenters. The van der Waals surface area contributed by atoms with Gasteiger partial charge in [-0.3, -0.25) is 0 Å². The molecule has 2 aromatic rings. The van der Waals surface area contributed by atoms with E-state index in [0.717, 1.165) is 30.7 Å². The smallest absolute Gasteiger partial charge is 0.180 e. The topological polar surface area (TPSA) is 26.5 Å². The number of hydrogen-bond donors (Lipinski definition) is 0. The van der Waals surface area contributed by atoms with Crippen LogP contribution in [0.1, 0.15) is 31.7 Å². The van der Waals surface area contributed by atoms with Gasteiger partial charge in [-0.1, -0.05) is 20.3 Å². The predicted octanol–water partition coefficient (Wildman–Crippen LogP) is 2.86. The van der Waals surface area contributed by atoms with Gasteiger partial charge >= 0.3 is 0 Å². The standard InChI is InChI=1S/C13H18N2O/c1-4-7-10-11(5-2)15-9-6-8-12(16-3)13(15)14-10/h6,8-9H,4-5,7H2,1-3H3. The van der Waals surface area contributed by atoms with Crippen LogP contribution in [-0.2, 0) is 12.8 Å². The van der Waals surface area contributed by atoms with E-state index in [-0.39, 0.29) is 0 Å². The number of hydrogen-bond acceptors (Lipinski definition) is 2. The summed E-state index contributed by atoms with van der Waals surface area (Å²) in [5.41, 5.74) is 3.44. The molecule has 2 rings (SSSR count). The molecule has 0 aliphatic rings. The third-order valence-corrected chi connectivity index (χ3v) is 2.84. The number of ether oxygens (including phenoxy) is 1. The Bertz CT molecular complexity index is 488. The minimum atomic E-state index is 0.847. The largest absolute Gasteiger partial charge is 0.493 e. The van der Waals surface area contributed by atoms with Crippen molar-refractivity contribution >= 4 is 5.65 Å². The first-order valence-corrected chi connectivity index (χ1v) is 5.84. The second kappa shape index (κ2) is 4.56. The Balaban J connectivity index is 2.65. The van der Waals surface area contributed by atoms with Gasteiger partial charge in [-0.2, -0.15) is 0 Å². The van der Waals surface area contributed by atoms with Crippen LogP contribution in [0, 0.1) is 0 Å². The van der Waals surface area contributed by atoms with Crippen molar-refractivity contribution in [3.05, 3.63) is 29.7 Å². The lowest BCUT2D eigenvalue weighted by atomic mass is 10.2. The number of pyridine rings is 1. The quantitative estimate of drug-likeness (QED) is 0.788. The van der Waals surface area contributed by atoms with E-state index in [0.29, 0.717) is 0 Å². The third kappa shape index (κ3) is 1.66. The summed E-state index contributed by atoms with van der Waals surface area (Å²) in [6, 6.07) is 3.96. The number of methoxy groups -OCH3 is 1. The SMILES string of the molecule is CCCc1nc2c(OC)cccn2c1CC. The lowest BCUT2D eigenvalue weighted by Gasteiger charge is -2.03. The van der Waals surface area contributed by atoms with E-state index in [1.807, 2.05) is 12.1 Å². The van der Waals surface area contributed by atoms with E-state index in [4.69, 9.17) is 4.74 Å². The van der Waals surface area contributed by atoms with Crippen molar-refractivity contribution in [2.45, 2.75) is 33.1 Å². The number of rotatable bonds is 4. The summed E-state index contributed by atoms with van der Waals surface area (Å²) in [6.07, 6.45) is 5.22. The van der Waals surface area contributed by atoms with Gasteiger partial charge in [0.2, 0.25) is 0 Å². The molecule has 3 heteroatoms. The zero-order valence-corrected chi connectivity index (χ0v) is 10.2. The van der Waals surface area contributed by atoms with E-state index in [9.17, 15) is 0 Å². The average Bonchev–Trinajstić information content (AvgIpc) is 2.66. The normalized spacial score (nSPS) is 10.9. The zero-order valence-electron chi connectivity index (χ0n) is 10.2. The molecule has 0 saturated carbocycles. The minimum absolute atomic E-state index is 0.847. The molecule has 0 atom stereocenters. The third-order valence-electron chi connectivity index (χ3n) is 2.84. The first-order chi connectivity index (χ1) is 7.81. The van der Waals surface area contributed by atoms with Gasteiger partial charge in [0.15, 0.2) is 11.4 Å². The van der Waals surface area contributed by atoms with Crippen molar-refractivity contribution in [3.8, 4) is 5.75 Å². The molecule has 2 aromatic heterocycles. The first kappa shape index (κ1) is 11.0. The van der Waals surface area contributed by atoms with Gasteiger partial charge in [-0.05, 0) is 25.0 Å². The summed E-state index contributed by atoms with van der Waals surface area (Å²) in [4.78, 5) is 4.68. The molecular formula is C13H18N2O. The molecule has 86 valence electrons. The summed E-state index contributed by atoms with van der Waals surface area (Å²) in [7, 11) is 1.69. The van der Waals surface area contributed by atoms with Crippen LogP contribution in [-0.4, -0.2) is 16.5 Å². The molecule has 0 saturated heterocycles. The lowest BCUT2D eigenvalue weighted by Crippen LogP contribution is -1.95. The monoisotopic (exact) mass is 218 g/mol. The molecule has 2 heterocycles.